The Morgan fingerprint density at radius 1 is 1.19 bits per heavy atom. The summed E-state index contributed by atoms with van der Waals surface area (Å²) >= 11 is 0. The lowest BCUT2D eigenvalue weighted by Crippen LogP contribution is -2.64. The molecule has 1 aromatic rings. The van der Waals surface area contributed by atoms with Crippen LogP contribution in [0.3, 0.4) is 0 Å². The second-order valence-corrected chi connectivity index (χ2v) is 9.55. The van der Waals surface area contributed by atoms with Crippen LogP contribution in [0.5, 0.6) is 0 Å². The van der Waals surface area contributed by atoms with Crippen molar-refractivity contribution < 1.29 is 22.1 Å². The Morgan fingerprint density at radius 3 is 2.42 bits per heavy atom. The Morgan fingerprint density at radius 2 is 1.85 bits per heavy atom. The second kappa shape index (κ2) is 6.83. The van der Waals surface area contributed by atoms with Crippen LogP contribution in [0.25, 0.3) is 0 Å². The Labute approximate surface area is 155 Å². The summed E-state index contributed by atoms with van der Waals surface area (Å²) in [5.74, 6) is 0. The fourth-order valence-corrected chi connectivity index (χ4v) is 4.23. The summed E-state index contributed by atoms with van der Waals surface area (Å²) in [6.45, 7) is 7.00. The number of benzene rings is 1. The highest BCUT2D eigenvalue weighted by atomic mass is 32.2. The summed E-state index contributed by atoms with van der Waals surface area (Å²) in [7, 11) is -3.62. The number of amides is 1. The van der Waals surface area contributed by atoms with Crippen molar-refractivity contribution >= 4 is 16.2 Å². The van der Waals surface area contributed by atoms with E-state index in [1.807, 2.05) is 51.1 Å². The van der Waals surface area contributed by atoms with Gasteiger partial charge in [0.15, 0.2) is 0 Å². The van der Waals surface area contributed by atoms with E-state index >= 15 is 0 Å². The van der Waals surface area contributed by atoms with Gasteiger partial charge in [0.1, 0.15) is 11.7 Å². The Balaban J connectivity index is 1.75. The number of ether oxygens (including phenoxy) is 1. The average molecular weight is 382 g/mol. The zero-order valence-electron chi connectivity index (χ0n) is 15.6. The van der Waals surface area contributed by atoms with Gasteiger partial charge in [-0.1, -0.05) is 30.3 Å². The largest absolute Gasteiger partial charge is 0.444 e. The Bertz CT molecular complexity index is 760. The molecular weight excluding hydrogens is 356 g/mol. The first kappa shape index (κ1) is 19.1. The molecule has 1 aromatic carbocycles. The van der Waals surface area contributed by atoms with Crippen LogP contribution in [-0.2, 0) is 25.6 Å². The van der Waals surface area contributed by atoms with E-state index in [9.17, 15) is 13.2 Å². The first-order valence-corrected chi connectivity index (χ1v) is 10.5. The van der Waals surface area contributed by atoms with Gasteiger partial charge in [-0.25, -0.2) is 4.79 Å². The third-order valence-corrected chi connectivity index (χ3v) is 5.15. The third-order valence-electron chi connectivity index (χ3n) is 4.55. The number of hydrogen-bond acceptors (Lipinski definition) is 6. The molecule has 3 rings (SSSR count). The van der Waals surface area contributed by atoms with Gasteiger partial charge in [-0.3, -0.25) is 14.0 Å². The van der Waals surface area contributed by atoms with Crippen LogP contribution in [-0.4, -0.2) is 67.4 Å². The number of hydrogen-bond donors (Lipinski definition) is 0. The topological polar surface area (TPSA) is 76.1 Å². The van der Waals surface area contributed by atoms with Crippen LogP contribution in [0, 0.1) is 0 Å². The van der Waals surface area contributed by atoms with Gasteiger partial charge in [-0.2, -0.15) is 8.42 Å². The van der Waals surface area contributed by atoms with Crippen molar-refractivity contribution in [1.29, 1.82) is 0 Å². The van der Waals surface area contributed by atoms with Crippen LogP contribution in [0.1, 0.15) is 26.3 Å². The first-order chi connectivity index (χ1) is 12.0. The third kappa shape index (κ3) is 4.36. The van der Waals surface area contributed by atoms with E-state index in [0.717, 1.165) is 11.8 Å². The fourth-order valence-electron chi connectivity index (χ4n) is 3.61. The van der Waals surface area contributed by atoms with Gasteiger partial charge in [0, 0.05) is 13.1 Å². The van der Waals surface area contributed by atoms with Crippen LogP contribution in [0.4, 0.5) is 4.79 Å². The van der Waals surface area contributed by atoms with E-state index in [1.54, 1.807) is 4.90 Å². The van der Waals surface area contributed by atoms with Crippen LogP contribution < -0.4 is 0 Å². The van der Waals surface area contributed by atoms with Crippen molar-refractivity contribution in [3.63, 3.8) is 0 Å². The van der Waals surface area contributed by atoms with E-state index in [1.165, 1.54) is 0 Å². The summed E-state index contributed by atoms with van der Waals surface area (Å²) in [6.07, 6.45) is 0.0321. The smallest absolute Gasteiger partial charge is 0.410 e. The zero-order valence-corrected chi connectivity index (χ0v) is 16.4. The minimum Gasteiger partial charge on any atom is -0.444 e. The average Bonchev–Trinajstić information content (AvgIpc) is 2.74. The summed E-state index contributed by atoms with van der Waals surface area (Å²) < 4.78 is 34.1. The minimum atomic E-state index is -3.62. The van der Waals surface area contributed by atoms with Crippen molar-refractivity contribution in [3.8, 4) is 0 Å². The van der Waals surface area contributed by atoms with Crippen LogP contribution in [0.2, 0.25) is 0 Å². The molecule has 0 radical (unpaired) electrons. The first-order valence-electron chi connectivity index (χ1n) is 8.69. The van der Waals surface area contributed by atoms with Gasteiger partial charge < -0.3 is 4.74 Å². The molecule has 2 aliphatic rings. The lowest BCUT2D eigenvalue weighted by molar-refractivity contribution is -0.0249. The second-order valence-electron chi connectivity index (χ2n) is 7.94. The lowest BCUT2D eigenvalue weighted by atomic mass is 9.94. The number of fused-ring (bicyclic) bond motifs is 1. The molecule has 2 aliphatic heterocycles. The summed E-state index contributed by atoms with van der Waals surface area (Å²) in [5, 5.41) is 0. The molecule has 0 bridgehead atoms. The van der Waals surface area contributed by atoms with Crippen molar-refractivity contribution in [2.75, 3.05) is 19.3 Å². The highest BCUT2D eigenvalue weighted by molar-refractivity contribution is 7.86. The van der Waals surface area contributed by atoms with E-state index in [4.69, 9.17) is 8.92 Å². The van der Waals surface area contributed by atoms with Crippen molar-refractivity contribution in [2.24, 2.45) is 0 Å². The highest BCUT2D eigenvalue weighted by Crippen LogP contribution is 2.36. The maximum absolute atomic E-state index is 12.5. The van der Waals surface area contributed by atoms with Gasteiger partial charge in [0.25, 0.3) is 10.1 Å². The fraction of sp³-hybridized carbons (Fsp3) is 0.611. The number of rotatable bonds is 4. The number of carbonyl (C=O) groups excluding carboxylic acids is 1. The molecule has 3 atom stereocenters. The van der Waals surface area contributed by atoms with Gasteiger partial charge in [0.05, 0.1) is 24.9 Å². The Kier molecular flexibility index (Phi) is 5.02. The Hall–Kier alpha value is -1.64. The molecule has 0 saturated carbocycles. The summed E-state index contributed by atoms with van der Waals surface area (Å²) in [6, 6.07) is 9.70. The van der Waals surface area contributed by atoms with E-state index < -0.39 is 27.9 Å². The molecular formula is C18H26N2O5S. The number of likely N-dealkylation sites (tertiary alicyclic amines) is 2. The molecule has 0 aromatic heterocycles. The molecule has 0 aliphatic carbocycles. The summed E-state index contributed by atoms with van der Waals surface area (Å²) in [4.78, 5) is 16.3. The minimum absolute atomic E-state index is 0.0969. The number of carbonyl (C=O) groups is 1. The molecule has 2 fully saturated rings. The number of nitrogens with zero attached hydrogens (tertiary/aromatic N) is 2. The highest BCUT2D eigenvalue weighted by Gasteiger charge is 2.56. The molecule has 0 spiro atoms. The molecule has 1 amide bonds. The molecule has 2 saturated heterocycles. The standard InChI is InChI=1S/C18H26N2O5S/c1-18(2,3)24-17(21)20-12-15(25-26(4,22)23)16-14(20)11-19(16)10-13-8-6-5-7-9-13/h5-9,14-16H,10-12H2,1-4H3/t14-,15-,16+/m0/s1. The maximum atomic E-state index is 12.5. The van der Waals surface area contributed by atoms with Gasteiger partial charge in [-0.15, -0.1) is 0 Å². The maximum Gasteiger partial charge on any atom is 0.410 e. The van der Waals surface area contributed by atoms with Gasteiger partial charge in [-0.05, 0) is 26.3 Å². The van der Waals surface area contributed by atoms with Gasteiger partial charge >= 0.3 is 6.09 Å². The van der Waals surface area contributed by atoms with Gasteiger partial charge in [0.2, 0.25) is 0 Å². The van der Waals surface area contributed by atoms with Crippen molar-refractivity contribution in [3.05, 3.63) is 35.9 Å². The molecule has 8 heteroatoms. The molecule has 2 heterocycles. The molecule has 26 heavy (non-hydrogen) atoms. The normalized spacial score (nSPS) is 26.3. The predicted molar refractivity (Wildman–Crippen MR) is 97.1 cm³/mol. The van der Waals surface area contributed by atoms with Crippen LogP contribution >= 0.6 is 0 Å². The predicted octanol–water partition coefficient (Wildman–Crippen LogP) is 1.83. The van der Waals surface area contributed by atoms with Crippen molar-refractivity contribution in [1.82, 2.24) is 9.80 Å². The lowest BCUT2D eigenvalue weighted by Gasteiger charge is -2.47. The molecule has 7 nitrogen and oxygen atoms in total. The summed E-state index contributed by atoms with van der Waals surface area (Å²) in [5.41, 5.74) is 0.537. The molecule has 144 valence electrons. The SMILES string of the molecule is CC(C)(C)OC(=O)N1C[C@H](OS(C)(=O)=O)[C@H]2[C@@H]1CN2Cc1ccccc1. The van der Waals surface area contributed by atoms with Crippen molar-refractivity contribution in [2.45, 2.75) is 51.1 Å². The van der Waals surface area contributed by atoms with E-state index in [2.05, 4.69) is 4.90 Å². The quantitative estimate of drug-likeness (QED) is 0.740. The molecule has 0 N–H and O–H groups in total. The molecule has 0 unspecified atom stereocenters. The van der Waals surface area contributed by atoms with E-state index in [-0.39, 0.29) is 18.6 Å². The van der Waals surface area contributed by atoms with E-state index in [0.29, 0.717) is 13.1 Å². The monoisotopic (exact) mass is 382 g/mol. The zero-order chi connectivity index (χ0) is 19.1. The van der Waals surface area contributed by atoms with Crippen LogP contribution in [0.15, 0.2) is 30.3 Å².